The maximum Gasteiger partial charge on any atom is 0.288 e. The fraction of sp³-hybridized carbons (Fsp3) is 0.429. The van der Waals surface area contributed by atoms with Crippen LogP contribution in [0.25, 0.3) is 0 Å². The first-order valence-corrected chi connectivity index (χ1v) is 7.00. The van der Waals surface area contributed by atoms with Gasteiger partial charge >= 0.3 is 0 Å². The lowest BCUT2D eigenvalue weighted by Gasteiger charge is -2.34. The van der Waals surface area contributed by atoms with E-state index >= 15 is 0 Å². The van der Waals surface area contributed by atoms with Crippen molar-refractivity contribution in [3.63, 3.8) is 0 Å². The molecule has 2 rings (SSSR count). The van der Waals surface area contributed by atoms with Gasteiger partial charge in [-0.3, -0.25) is 15.0 Å². The maximum absolute atomic E-state index is 11.0. The minimum Gasteiger partial charge on any atom is -0.314 e. The molecule has 6 heteroatoms. The molecule has 1 saturated heterocycles. The van der Waals surface area contributed by atoms with Gasteiger partial charge in [-0.1, -0.05) is 23.7 Å². The van der Waals surface area contributed by atoms with Crippen molar-refractivity contribution in [1.29, 1.82) is 0 Å². The number of hydrogen-bond acceptors (Lipinski definition) is 4. The van der Waals surface area contributed by atoms with E-state index in [-0.39, 0.29) is 16.8 Å². The van der Waals surface area contributed by atoms with Crippen LogP contribution >= 0.6 is 11.6 Å². The molecule has 1 aromatic carbocycles. The molecule has 20 heavy (non-hydrogen) atoms. The van der Waals surface area contributed by atoms with Crippen LogP contribution in [0.15, 0.2) is 30.9 Å². The third kappa shape index (κ3) is 3.36. The highest BCUT2D eigenvalue weighted by atomic mass is 35.5. The van der Waals surface area contributed by atoms with Gasteiger partial charge in [0.1, 0.15) is 5.02 Å². The van der Waals surface area contributed by atoms with E-state index in [1.165, 1.54) is 0 Å². The average molecular weight is 296 g/mol. The fourth-order valence-electron chi connectivity index (χ4n) is 2.52. The number of nitro benzene ring substituents is 1. The van der Waals surface area contributed by atoms with E-state index in [1.54, 1.807) is 12.1 Å². The summed E-state index contributed by atoms with van der Waals surface area (Å²) in [5.74, 6) is 0. The molecule has 0 saturated carbocycles. The van der Waals surface area contributed by atoms with Crippen molar-refractivity contribution >= 4 is 17.3 Å². The van der Waals surface area contributed by atoms with Gasteiger partial charge in [-0.15, -0.1) is 6.58 Å². The normalized spacial score (nSPS) is 17.6. The predicted octanol–water partition coefficient (Wildman–Crippen LogP) is 2.77. The lowest BCUT2D eigenvalue weighted by molar-refractivity contribution is -0.384. The number of benzene rings is 1. The lowest BCUT2D eigenvalue weighted by Crippen LogP contribution is -2.45. The summed E-state index contributed by atoms with van der Waals surface area (Å²) < 4.78 is 0. The first kappa shape index (κ1) is 15.0. The summed E-state index contributed by atoms with van der Waals surface area (Å²) in [6.45, 7) is 7.51. The van der Waals surface area contributed by atoms with Crippen molar-refractivity contribution < 1.29 is 4.92 Å². The monoisotopic (exact) mass is 295 g/mol. The van der Waals surface area contributed by atoms with Crippen LogP contribution in [0.5, 0.6) is 0 Å². The molecular formula is C14H18ClN3O2. The van der Waals surface area contributed by atoms with Crippen LogP contribution in [0.4, 0.5) is 5.69 Å². The standard InChI is InChI=1S/C14H18ClN3O2/c1-2-3-13(17-8-6-16-7-9-17)11-4-5-12(15)14(10-11)18(19)20/h2,4-5,10,13,16H,1,3,6-9H2/t13-/m1/s1. The molecule has 0 amide bonds. The van der Waals surface area contributed by atoms with Crippen molar-refractivity contribution in [2.45, 2.75) is 12.5 Å². The molecule has 0 radical (unpaired) electrons. The topological polar surface area (TPSA) is 58.4 Å². The predicted molar refractivity (Wildman–Crippen MR) is 80.1 cm³/mol. The van der Waals surface area contributed by atoms with Crippen molar-refractivity contribution in [3.05, 3.63) is 51.6 Å². The van der Waals surface area contributed by atoms with Gasteiger partial charge in [0, 0.05) is 38.3 Å². The fourth-order valence-corrected chi connectivity index (χ4v) is 2.71. The lowest BCUT2D eigenvalue weighted by atomic mass is 10.0. The van der Waals surface area contributed by atoms with Crippen LogP contribution in [-0.2, 0) is 0 Å². The SMILES string of the molecule is C=CC[C@H](c1ccc(Cl)c([N+](=O)[O-])c1)N1CCNCC1. The molecule has 1 aliphatic rings. The highest BCUT2D eigenvalue weighted by Gasteiger charge is 2.23. The van der Waals surface area contributed by atoms with Gasteiger partial charge in [-0.2, -0.15) is 0 Å². The quantitative estimate of drug-likeness (QED) is 0.515. The molecule has 1 N–H and O–H groups in total. The molecule has 1 fully saturated rings. The molecule has 0 unspecified atom stereocenters. The third-order valence-corrected chi connectivity index (χ3v) is 3.85. The van der Waals surface area contributed by atoms with Crippen molar-refractivity contribution in [2.75, 3.05) is 26.2 Å². The molecule has 0 spiro atoms. The molecule has 1 aromatic rings. The Balaban J connectivity index is 2.30. The maximum atomic E-state index is 11.0. The minimum absolute atomic E-state index is 0.0339. The first-order valence-electron chi connectivity index (χ1n) is 6.63. The van der Waals surface area contributed by atoms with E-state index < -0.39 is 4.92 Å². The van der Waals surface area contributed by atoms with Gasteiger partial charge in [0.2, 0.25) is 0 Å². The molecule has 1 aliphatic heterocycles. The Morgan fingerprint density at radius 2 is 2.20 bits per heavy atom. The second kappa shape index (κ2) is 6.83. The molecule has 108 valence electrons. The van der Waals surface area contributed by atoms with E-state index in [0.29, 0.717) is 0 Å². The average Bonchev–Trinajstić information content (AvgIpc) is 2.46. The van der Waals surface area contributed by atoms with Crippen LogP contribution in [0.2, 0.25) is 5.02 Å². The molecule has 0 aliphatic carbocycles. The molecule has 0 bridgehead atoms. The van der Waals surface area contributed by atoms with E-state index in [4.69, 9.17) is 11.6 Å². The van der Waals surface area contributed by atoms with Crippen LogP contribution in [0.3, 0.4) is 0 Å². The van der Waals surface area contributed by atoms with Crippen LogP contribution < -0.4 is 5.32 Å². The smallest absolute Gasteiger partial charge is 0.288 e. The molecule has 1 atom stereocenters. The largest absolute Gasteiger partial charge is 0.314 e. The summed E-state index contributed by atoms with van der Waals surface area (Å²) >= 11 is 5.87. The zero-order chi connectivity index (χ0) is 14.5. The Morgan fingerprint density at radius 1 is 1.50 bits per heavy atom. The number of hydrogen-bond donors (Lipinski definition) is 1. The Labute approximate surface area is 123 Å². The van der Waals surface area contributed by atoms with Crippen molar-refractivity contribution in [3.8, 4) is 0 Å². The number of nitrogens with one attached hydrogen (secondary N) is 1. The van der Waals surface area contributed by atoms with Crippen LogP contribution in [0, 0.1) is 10.1 Å². The number of nitrogens with zero attached hydrogens (tertiary/aromatic N) is 2. The van der Waals surface area contributed by atoms with E-state index in [0.717, 1.165) is 38.2 Å². The minimum atomic E-state index is -0.436. The summed E-state index contributed by atoms with van der Waals surface area (Å²) in [6.07, 6.45) is 2.62. The molecule has 5 nitrogen and oxygen atoms in total. The Kier molecular flexibility index (Phi) is 5.11. The van der Waals surface area contributed by atoms with Gasteiger partial charge < -0.3 is 5.32 Å². The van der Waals surface area contributed by atoms with Crippen molar-refractivity contribution in [1.82, 2.24) is 10.2 Å². The summed E-state index contributed by atoms with van der Waals surface area (Å²) in [7, 11) is 0. The van der Waals surface area contributed by atoms with Gasteiger partial charge in [-0.05, 0) is 18.1 Å². The van der Waals surface area contributed by atoms with Gasteiger partial charge in [-0.25, -0.2) is 0 Å². The van der Waals surface area contributed by atoms with E-state index in [2.05, 4.69) is 16.8 Å². The van der Waals surface area contributed by atoms with E-state index in [1.807, 2.05) is 12.1 Å². The molecule has 0 aromatic heterocycles. The Morgan fingerprint density at radius 3 is 2.80 bits per heavy atom. The summed E-state index contributed by atoms with van der Waals surface area (Å²) in [6, 6.07) is 5.17. The first-order chi connectivity index (χ1) is 9.63. The second-order valence-corrected chi connectivity index (χ2v) is 5.20. The van der Waals surface area contributed by atoms with Gasteiger partial charge in [0.05, 0.1) is 4.92 Å². The zero-order valence-electron chi connectivity index (χ0n) is 11.2. The Bertz CT molecular complexity index is 501. The number of nitro groups is 1. The summed E-state index contributed by atoms with van der Waals surface area (Å²) in [4.78, 5) is 12.9. The summed E-state index contributed by atoms with van der Waals surface area (Å²) in [5, 5.41) is 14.5. The zero-order valence-corrected chi connectivity index (χ0v) is 12.0. The number of rotatable bonds is 5. The second-order valence-electron chi connectivity index (χ2n) is 4.79. The highest BCUT2D eigenvalue weighted by molar-refractivity contribution is 6.32. The van der Waals surface area contributed by atoms with Crippen molar-refractivity contribution in [2.24, 2.45) is 0 Å². The third-order valence-electron chi connectivity index (χ3n) is 3.53. The summed E-state index contributed by atoms with van der Waals surface area (Å²) in [5.41, 5.74) is 0.885. The van der Waals surface area contributed by atoms with Crippen LogP contribution in [-0.4, -0.2) is 36.0 Å². The number of halogens is 1. The van der Waals surface area contributed by atoms with Gasteiger partial charge in [0.25, 0.3) is 5.69 Å². The highest BCUT2D eigenvalue weighted by Crippen LogP contribution is 2.32. The Hall–Kier alpha value is -1.43. The molecule has 1 heterocycles. The van der Waals surface area contributed by atoms with Crippen LogP contribution in [0.1, 0.15) is 18.0 Å². The van der Waals surface area contributed by atoms with Gasteiger partial charge in [0.15, 0.2) is 0 Å². The number of piperazine rings is 1. The van der Waals surface area contributed by atoms with E-state index in [9.17, 15) is 10.1 Å². The molecular weight excluding hydrogens is 278 g/mol.